The Hall–Kier alpha value is -2.31. The highest BCUT2D eigenvalue weighted by Crippen LogP contribution is 2.28. The maximum atomic E-state index is 13.2. The molecule has 1 N–H and O–H groups in total. The van der Waals surface area contributed by atoms with Crippen molar-refractivity contribution in [2.75, 3.05) is 5.32 Å². The van der Waals surface area contributed by atoms with Gasteiger partial charge in [-0.25, -0.2) is 8.78 Å². The molecule has 0 atom stereocenters. The quantitative estimate of drug-likeness (QED) is 0.488. The average molecular weight is 228 g/mol. The van der Waals surface area contributed by atoms with Gasteiger partial charge in [-0.2, -0.15) is 0 Å². The molecule has 0 aliphatic rings. The van der Waals surface area contributed by atoms with Crippen molar-refractivity contribution in [3.05, 3.63) is 46.5 Å². The number of benzene rings is 1. The van der Waals surface area contributed by atoms with Gasteiger partial charge in [-0.1, -0.05) is 6.58 Å². The lowest BCUT2D eigenvalue weighted by molar-refractivity contribution is -0.384. The van der Waals surface area contributed by atoms with Gasteiger partial charge in [0.1, 0.15) is 5.82 Å². The predicted molar refractivity (Wildman–Crippen MR) is 51.8 cm³/mol. The molecular weight excluding hydrogens is 222 g/mol. The minimum Gasteiger partial charge on any atom is -0.314 e. The van der Waals surface area contributed by atoms with E-state index in [1.54, 1.807) is 0 Å². The Morgan fingerprint density at radius 1 is 1.50 bits per heavy atom. The summed E-state index contributed by atoms with van der Waals surface area (Å²) in [6.07, 6.45) is 0.812. The van der Waals surface area contributed by atoms with Gasteiger partial charge in [0.05, 0.1) is 11.0 Å². The van der Waals surface area contributed by atoms with E-state index in [2.05, 4.69) is 6.58 Å². The largest absolute Gasteiger partial charge is 0.314 e. The van der Waals surface area contributed by atoms with Crippen molar-refractivity contribution in [3.8, 4) is 0 Å². The maximum absolute atomic E-state index is 13.2. The van der Waals surface area contributed by atoms with E-state index in [1.807, 2.05) is 5.32 Å². The number of nitrogens with zero attached hydrogens (tertiary/aromatic N) is 1. The number of carbonyl (C=O) groups is 1. The lowest BCUT2D eigenvalue weighted by Crippen LogP contribution is -2.11. The van der Waals surface area contributed by atoms with Gasteiger partial charge in [0.25, 0.3) is 5.69 Å². The first kappa shape index (κ1) is 11.8. The molecule has 0 aliphatic heterocycles. The topological polar surface area (TPSA) is 72.2 Å². The summed E-state index contributed by atoms with van der Waals surface area (Å²) in [7, 11) is 0. The molecule has 5 nitrogen and oxygen atoms in total. The molecule has 0 spiro atoms. The zero-order chi connectivity index (χ0) is 12.3. The van der Waals surface area contributed by atoms with E-state index in [0.717, 1.165) is 6.08 Å². The number of rotatable bonds is 3. The Morgan fingerprint density at radius 3 is 2.62 bits per heavy atom. The Labute approximate surface area is 88.5 Å². The van der Waals surface area contributed by atoms with Crippen molar-refractivity contribution < 1.29 is 18.5 Å². The van der Waals surface area contributed by atoms with Crippen LogP contribution in [0.5, 0.6) is 0 Å². The van der Waals surface area contributed by atoms with Crippen LogP contribution in [0.3, 0.4) is 0 Å². The van der Waals surface area contributed by atoms with Gasteiger partial charge in [-0.3, -0.25) is 14.9 Å². The SMILES string of the molecule is C=CC(=O)Nc1c(F)cc(F)cc1[N+](=O)[O-]. The van der Waals surface area contributed by atoms with Gasteiger partial charge in [-0.15, -0.1) is 0 Å². The van der Waals surface area contributed by atoms with Gasteiger partial charge in [-0.05, 0) is 6.08 Å². The van der Waals surface area contributed by atoms with Crippen LogP contribution in [0, 0.1) is 21.7 Å². The van der Waals surface area contributed by atoms with Crippen molar-refractivity contribution in [1.29, 1.82) is 0 Å². The van der Waals surface area contributed by atoms with Crippen LogP contribution in [-0.4, -0.2) is 10.8 Å². The molecule has 84 valence electrons. The summed E-state index contributed by atoms with van der Waals surface area (Å²) in [6, 6.07) is 0.952. The van der Waals surface area contributed by atoms with Crippen LogP contribution in [0.2, 0.25) is 0 Å². The number of nitrogens with one attached hydrogen (secondary N) is 1. The Bertz CT molecular complexity index is 474. The first-order valence-electron chi connectivity index (χ1n) is 4.02. The van der Waals surface area contributed by atoms with E-state index >= 15 is 0 Å². The predicted octanol–water partition coefficient (Wildman–Crippen LogP) is 2.00. The van der Waals surface area contributed by atoms with E-state index in [9.17, 15) is 23.7 Å². The molecule has 16 heavy (non-hydrogen) atoms. The summed E-state index contributed by atoms with van der Waals surface area (Å²) in [5.41, 5.74) is -1.54. The lowest BCUT2D eigenvalue weighted by atomic mass is 10.2. The summed E-state index contributed by atoms with van der Waals surface area (Å²) in [4.78, 5) is 20.4. The molecular formula is C9H6F2N2O3. The Morgan fingerprint density at radius 2 is 2.12 bits per heavy atom. The van der Waals surface area contributed by atoms with Crippen LogP contribution in [0.15, 0.2) is 24.8 Å². The molecule has 0 unspecified atom stereocenters. The maximum Gasteiger partial charge on any atom is 0.298 e. The van der Waals surface area contributed by atoms with E-state index in [-0.39, 0.29) is 0 Å². The molecule has 0 aliphatic carbocycles. The molecule has 7 heteroatoms. The summed E-state index contributed by atoms with van der Waals surface area (Å²) >= 11 is 0. The molecule has 1 aromatic rings. The molecule has 0 heterocycles. The van der Waals surface area contributed by atoms with Gasteiger partial charge < -0.3 is 5.32 Å². The fourth-order valence-corrected chi connectivity index (χ4v) is 1.00. The van der Waals surface area contributed by atoms with Gasteiger partial charge in [0.2, 0.25) is 5.91 Å². The van der Waals surface area contributed by atoms with Crippen molar-refractivity contribution >= 4 is 17.3 Å². The van der Waals surface area contributed by atoms with E-state index in [1.165, 1.54) is 0 Å². The van der Waals surface area contributed by atoms with Crippen molar-refractivity contribution in [1.82, 2.24) is 0 Å². The fourth-order valence-electron chi connectivity index (χ4n) is 1.00. The smallest absolute Gasteiger partial charge is 0.298 e. The van der Waals surface area contributed by atoms with Crippen LogP contribution in [0.4, 0.5) is 20.2 Å². The molecule has 0 bridgehead atoms. The summed E-state index contributed by atoms with van der Waals surface area (Å²) in [5, 5.41) is 12.4. The highest BCUT2D eigenvalue weighted by molar-refractivity contribution is 6.00. The van der Waals surface area contributed by atoms with E-state index in [4.69, 9.17) is 0 Å². The molecule has 1 rings (SSSR count). The molecule has 0 fully saturated rings. The number of nitro groups is 1. The van der Waals surface area contributed by atoms with Crippen LogP contribution >= 0.6 is 0 Å². The van der Waals surface area contributed by atoms with Crippen LogP contribution in [-0.2, 0) is 4.79 Å². The number of nitro benzene ring substituents is 1. The van der Waals surface area contributed by atoms with Crippen molar-refractivity contribution in [2.45, 2.75) is 0 Å². The van der Waals surface area contributed by atoms with Crippen LogP contribution in [0.1, 0.15) is 0 Å². The van der Waals surface area contributed by atoms with Crippen molar-refractivity contribution in [2.24, 2.45) is 0 Å². The first-order valence-corrected chi connectivity index (χ1v) is 4.02. The zero-order valence-corrected chi connectivity index (χ0v) is 7.87. The number of carbonyl (C=O) groups excluding carboxylic acids is 1. The van der Waals surface area contributed by atoms with E-state index in [0.29, 0.717) is 12.1 Å². The number of amides is 1. The summed E-state index contributed by atoms with van der Waals surface area (Å²) in [5.74, 6) is -3.14. The summed E-state index contributed by atoms with van der Waals surface area (Å²) < 4.78 is 25.9. The monoisotopic (exact) mass is 228 g/mol. The molecule has 0 aromatic heterocycles. The molecule has 0 saturated heterocycles. The highest BCUT2D eigenvalue weighted by atomic mass is 19.1. The first-order chi connectivity index (χ1) is 7.45. The van der Waals surface area contributed by atoms with Gasteiger partial charge >= 0.3 is 0 Å². The second kappa shape index (κ2) is 4.47. The third kappa shape index (κ3) is 2.38. The van der Waals surface area contributed by atoms with Crippen molar-refractivity contribution in [3.63, 3.8) is 0 Å². The second-order valence-corrected chi connectivity index (χ2v) is 2.73. The Kier molecular flexibility index (Phi) is 3.29. The third-order valence-corrected chi connectivity index (χ3v) is 1.66. The zero-order valence-electron chi connectivity index (χ0n) is 7.87. The number of hydrogen-bond acceptors (Lipinski definition) is 3. The highest BCUT2D eigenvalue weighted by Gasteiger charge is 2.21. The van der Waals surface area contributed by atoms with E-state index < -0.39 is 33.8 Å². The second-order valence-electron chi connectivity index (χ2n) is 2.73. The average Bonchev–Trinajstić information content (AvgIpc) is 2.20. The minimum atomic E-state index is -1.22. The number of halogens is 2. The fraction of sp³-hybridized carbons (Fsp3) is 0. The van der Waals surface area contributed by atoms with Gasteiger partial charge in [0, 0.05) is 6.07 Å². The molecule has 0 radical (unpaired) electrons. The Balaban J connectivity index is 3.29. The number of hydrogen-bond donors (Lipinski definition) is 1. The molecule has 1 aromatic carbocycles. The molecule has 0 saturated carbocycles. The number of anilines is 1. The lowest BCUT2D eigenvalue weighted by Gasteiger charge is -2.04. The third-order valence-electron chi connectivity index (χ3n) is 1.66. The summed E-state index contributed by atoms with van der Waals surface area (Å²) in [6.45, 7) is 3.10. The standard InChI is InChI=1S/C9H6F2N2O3/c1-2-8(14)12-9-6(11)3-5(10)4-7(9)13(15)16/h2-4H,1H2,(H,12,14). The molecule has 1 amide bonds. The minimum absolute atomic E-state index is 0.436. The van der Waals surface area contributed by atoms with Gasteiger partial charge in [0.15, 0.2) is 11.5 Å². The van der Waals surface area contributed by atoms with Crippen LogP contribution < -0.4 is 5.32 Å². The normalized spacial score (nSPS) is 9.62. The van der Waals surface area contributed by atoms with Crippen LogP contribution in [0.25, 0.3) is 0 Å².